The molecule has 3 rings (SSSR count). The molecule has 22 heavy (non-hydrogen) atoms. The van der Waals surface area contributed by atoms with Crippen LogP contribution in [0, 0.1) is 15.9 Å². The maximum absolute atomic E-state index is 13.1. The number of halogens is 2. The molecular weight excluding hydrogens is 311 g/mol. The molecular formula is C15H8ClFN2O3. The van der Waals surface area contributed by atoms with Gasteiger partial charge >= 0.3 is 5.69 Å². The van der Waals surface area contributed by atoms with Crippen LogP contribution in [0.25, 0.3) is 10.9 Å². The van der Waals surface area contributed by atoms with Crippen molar-refractivity contribution in [3.63, 3.8) is 0 Å². The van der Waals surface area contributed by atoms with E-state index in [9.17, 15) is 14.5 Å². The Hall–Kier alpha value is -2.73. The summed E-state index contributed by atoms with van der Waals surface area (Å²) in [5.74, 6) is -0.637. The van der Waals surface area contributed by atoms with Crippen LogP contribution < -0.4 is 4.74 Å². The first-order valence-corrected chi connectivity index (χ1v) is 6.59. The number of nitro groups is 1. The molecule has 0 aliphatic carbocycles. The summed E-state index contributed by atoms with van der Waals surface area (Å²) in [6, 6.07) is 11.6. The zero-order chi connectivity index (χ0) is 15.7. The minimum absolute atomic E-state index is 0.0831. The Labute approximate surface area is 129 Å². The molecule has 2 aromatic carbocycles. The van der Waals surface area contributed by atoms with Gasteiger partial charge in [-0.1, -0.05) is 17.7 Å². The van der Waals surface area contributed by atoms with E-state index in [0.717, 1.165) is 17.5 Å². The standard InChI is InChI=1S/C15H8ClFN2O3/c16-10-3-1-9-2-6-15(18-12(9)7-10)22-14-5-4-11(17)8-13(14)19(20)21/h1-8H. The van der Waals surface area contributed by atoms with Gasteiger partial charge in [-0.2, -0.15) is 0 Å². The number of fused-ring (bicyclic) bond motifs is 1. The molecule has 5 nitrogen and oxygen atoms in total. The van der Waals surface area contributed by atoms with E-state index in [4.69, 9.17) is 16.3 Å². The highest BCUT2D eigenvalue weighted by Crippen LogP contribution is 2.32. The van der Waals surface area contributed by atoms with Crippen LogP contribution in [-0.4, -0.2) is 9.91 Å². The predicted octanol–water partition coefficient (Wildman–Crippen LogP) is 4.73. The molecule has 0 fully saturated rings. The van der Waals surface area contributed by atoms with Crippen molar-refractivity contribution in [1.82, 2.24) is 4.98 Å². The SMILES string of the molecule is O=[N+]([O-])c1cc(F)ccc1Oc1ccc2ccc(Cl)cc2n1. The third kappa shape index (κ3) is 2.82. The number of rotatable bonds is 3. The maximum atomic E-state index is 13.1. The molecule has 0 bridgehead atoms. The second-order valence-corrected chi connectivity index (χ2v) is 4.89. The second-order valence-electron chi connectivity index (χ2n) is 4.46. The number of nitrogens with zero attached hydrogens (tertiary/aromatic N) is 2. The molecule has 0 radical (unpaired) electrons. The lowest BCUT2D eigenvalue weighted by atomic mass is 10.2. The molecule has 0 N–H and O–H groups in total. The van der Waals surface area contributed by atoms with E-state index < -0.39 is 16.4 Å². The van der Waals surface area contributed by atoms with E-state index >= 15 is 0 Å². The fraction of sp³-hybridized carbons (Fsp3) is 0. The molecule has 0 aliphatic heterocycles. The molecule has 1 aromatic heterocycles. The van der Waals surface area contributed by atoms with Gasteiger partial charge in [-0.3, -0.25) is 10.1 Å². The molecule has 0 spiro atoms. The number of hydrogen-bond donors (Lipinski definition) is 0. The van der Waals surface area contributed by atoms with Crippen LogP contribution in [0.1, 0.15) is 0 Å². The molecule has 0 atom stereocenters. The summed E-state index contributed by atoms with van der Waals surface area (Å²) in [4.78, 5) is 14.5. The number of hydrogen-bond acceptors (Lipinski definition) is 4. The van der Waals surface area contributed by atoms with Crippen LogP contribution in [0.15, 0.2) is 48.5 Å². The number of benzene rings is 2. The van der Waals surface area contributed by atoms with Crippen LogP contribution in [0.4, 0.5) is 10.1 Å². The smallest absolute Gasteiger partial charge is 0.314 e. The highest BCUT2D eigenvalue weighted by Gasteiger charge is 2.17. The predicted molar refractivity (Wildman–Crippen MR) is 79.9 cm³/mol. The lowest BCUT2D eigenvalue weighted by molar-refractivity contribution is -0.385. The average molecular weight is 319 g/mol. The van der Waals surface area contributed by atoms with Gasteiger partial charge in [-0.15, -0.1) is 0 Å². The molecule has 0 amide bonds. The highest BCUT2D eigenvalue weighted by atomic mass is 35.5. The van der Waals surface area contributed by atoms with Crippen LogP contribution in [0.3, 0.4) is 0 Å². The lowest BCUT2D eigenvalue weighted by Gasteiger charge is -2.06. The molecule has 3 aromatic rings. The topological polar surface area (TPSA) is 65.3 Å². The van der Waals surface area contributed by atoms with Crippen molar-refractivity contribution < 1.29 is 14.1 Å². The first-order valence-electron chi connectivity index (χ1n) is 6.21. The zero-order valence-electron chi connectivity index (χ0n) is 11.0. The number of nitro benzene ring substituents is 1. The molecule has 0 saturated carbocycles. The molecule has 0 unspecified atom stereocenters. The average Bonchev–Trinajstić information content (AvgIpc) is 2.48. The van der Waals surface area contributed by atoms with Gasteiger partial charge in [-0.25, -0.2) is 9.37 Å². The molecule has 7 heteroatoms. The van der Waals surface area contributed by atoms with Gasteiger partial charge in [0, 0.05) is 16.5 Å². The van der Waals surface area contributed by atoms with E-state index in [-0.39, 0.29) is 11.6 Å². The first-order chi connectivity index (χ1) is 10.5. The quantitative estimate of drug-likeness (QED) is 0.517. The van der Waals surface area contributed by atoms with Crippen molar-refractivity contribution >= 4 is 28.2 Å². The van der Waals surface area contributed by atoms with Crippen molar-refractivity contribution in [3.05, 3.63) is 69.5 Å². The Balaban J connectivity index is 2.01. The number of aromatic nitrogens is 1. The van der Waals surface area contributed by atoms with Crippen LogP contribution in [0.5, 0.6) is 11.6 Å². The van der Waals surface area contributed by atoms with E-state index in [1.807, 2.05) is 0 Å². The summed E-state index contributed by atoms with van der Waals surface area (Å²) in [6.07, 6.45) is 0. The summed E-state index contributed by atoms with van der Waals surface area (Å²) < 4.78 is 18.5. The molecule has 0 saturated heterocycles. The van der Waals surface area contributed by atoms with Crippen molar-refractivity contribution in [1.29, 1.82) is 0 Å². The third-order valence-electron chi connectivity index (χ3n) is 2.96. The summed E-state index contributed by atoms with van der Waals surface area (Å²) in [6.45, 7) is 0. The van der Waals surface area contributed by atoms with Crippen molar-refractivity contribution in [3.8, 4) is 11.6 Å². The molecule has 0 aliphatic rings. The lowest BCUT2D eigenvalue weighted by Crippen LogP contribution is -1.95. The fourth-order valence-electron chi connectivity index (χ4n) is 1.96. The largest absolute Gasteiger partial charge is 0.432 e. The van der Waals surface area contributed by atoms with Crippen molar-refractivity contribution in [2.75, 3.05) is 0 Å². The van der Waals surface area contributed by atoms with Crippen LogP contribution in [-0.2, 0) is 0 Å². The van der Waals surface area contributed by atoms with Gasteiger partial charge in [0.05, 0.1) is 16.5 Å². The van der Waals surface area contributed by atoms with Crippen molar-refractivity contribution in [2.24, 2.45) is 0 Å². The monoisotopic (exact) mass is 318 g/mol. The third-order valence-corrected chi connectivity index (χ3v) is 3.20. The molecule has 1 heterocycles. The fourth-order valence-corrected chi connectivity index (χ4v) is 2.13. The zero-order valence-corrected chi connectivity index (χ0v) is 11.7. The Morgan fingerprint density at radius 2 is 1.91 bits per heavy atom. The van der Waals surface area contributed by atoms with Gasteiger partial charge in [0.1, 0.15) is 5.82 Å². The van der Waals surface area contributed by atoms with Gasteiger partial charge in [-0.05, 0) is 30.3 Å². The van der Waals surface area contributed by atoms with E-state index in [1.165, 1.54) is 6.07 Å². The maximum Gasteiger partial charge on any atom is 0.314 e. The highest BCUT2D eigenvalue weighted by molar-refractivity contribution is 6.31. The summed E-state index contributed by atoms with van der Waals surface area (Å²) in [5.41, 5.74) is 0.128. The van der Waals surface area contributed by atoms with E-state index in [0.29, 0.717) is 10.5 Å². The Bertz CT molecular complexity index is 886. The minimum atomic E-state index is -0.712. The normalized spacial score (nSPS) is 10.6. The van der Waals surface area contributed by atoms with Gasteiger partial charge in [0.15, 0.2) is 0 Å². The van der Waals surface area contributed by atoms with E-state index in [1.54, 1.807) is 30.3 Å². The Kier molecular flexibility index (Phi) is 3.60. The van der Waals surface area contributed by atoms with Crippen LogP contribution in [0.2, 0.25) is 5.02 Å². The van der Waals surface area contributed by atoms with Gasteiger partial charge < -0.3 is 4.74 Å². The van der Waals surface area contributed by atoms with Gasteiger partial charge in [0.2, 0.25) is 11.6 Å². The Morgan fingerprint density at radius 1 is 1.14 bits per heavy atom. The van der Waals surface area contributed by atoms with Crippen molar-refractivity contribution in [2.45, 2.75) is 0 Å². The summed E-state index contributed by atoms with van der Waals surface area (Å²) in [5, 5.41) is 12.3. The van der Waals surface area contributed by atoms with Gasteiger partial charge in [0.25, 0.3) is 0 Å². The summed E-state index contributed by atoms with van der Waals surface area (Å²) in [7, 11) is 0. The summed E-state index contributed by atoms with van der Waals surface area (Å²) >= 11 is 5.90. The second kappa shape index (κ2) is 5.57. The minimum Gasteiger partial charge on any atom is -0.432 e. The first kappa shape index (κ1) is 14.2. The molecule has 110 valence electrons. The van der Waals surface area contributed by atoms with E-state index in [2.05, 4.69) is 4.98 Å². The number of ether oxygens (including phenoxy) is 1. The number of pyridine rings is 1. The van der Waals surface area contributed by atoms with Crippen LogP contribution >= 0.6 is 11.6 Å². The Morgan fingerprint density at radius 3 is 2.68 bits per heavy atom.